The zero-order chi connectivity index (χ0) is 16.7. The minimum Gasteiger partial charge on any atom is -0.357 e. The lowest BCUT2D eigenvalue weighted by atomic mass is 10.2. The van der Waals surface area contributed by atoms with Crippen molar-refractivity contribution in [2.75, 3.05) is 13.6 Å². The smallest absolute Gasteiger partial charge is 0.194 e. The Labute approximate surface area is 166 Å². The number of nitrogens with zero attached hydrogens (tertiary/aromatic N) is 3. The summed E-state index contributed by atoms with van der Waals surface area (Å²) in [7, 11) is 2.03. The van der Waals surface area contributed by atoms with E-state index < -0.39 is 0 Å². The van der Waals surface area contributed by atoms with Crippen LogP contribution in [0.1, 0.15) is 23.7 Å². The van der Waals surface area contributed by atoms with Gasteiger partial charge in [-0.05, 0) is 43.2 Å². The molecule has 0 saturated heterocycles. The topological polar surface area (TPSA) is 40.5 Å². The van der Waals surface area contributed by atoms with E-state index in [1.807, 2.05) is 43.6 Å². The van der Waals surface area contributed by atoms with Crippen LogP contribution in [0.5, 0.6) is 0 Å². The lowest BCUT2D eigenvalue weighted by molar-refractivity contribution is 0.476. The van der Waals surface area contributed by atoms with Gasteiger partial charge in [0.15, 0.2) is 5.96 Å². The van der Waals surface area contributed by atoms with E-state index in [1.165, 1.54) is 5.56 Å². The molecule has 0 unspecified atom stereocenters. The Hall–Kier alpha value is -1.34. The van der Waals surface area contributed by atoms with Crippen molar-refractivity contribution >= 4 is 41.5 Å². The quantitative estimate of drug-likeness (QED) is 0.413. The molecule has 0 amide bonds. The Kier molecular flexibility index (Phi) is 9.07. The molecule has 1 N–H and O–H groups in total. The summed E-state index contributed by atoms with van der Waals surface area (Å²) >= 11 is 5.94. The largest absolute Gasteiger partial charge is 0.357 e. The number of aryl methyl sites for hydroxylation is 1. The van der Waals surface area contributed by atoms with Crippen molar-refractivity contribution in [1.82, 2.24) is 15.2 Å². The fraction of sp³-hybridized carbons (Fsp3) is 0.333. The van der Waals surface area contributed by atoms with E-state index in [0.29, 0.717) is 6.54 Å². The Morgan fingerprint density at radius 3 is 2.58 bits per heavy atom. The number of pyridine rings is 1. The molecule has 0 aliphatic carbocycles. The molecule has 0 bridgehead atoms. The number of halogens is 2. The molecule has 130 valence electrons. The third kappa shape index (κ3) is 6.28. The van der Waals surface area contributed by atoms with Gasteiger partial charge in [-0.15, -0.1) is 24.0 Å². The maximum Gasteiger partial charge on any atom is 0.194 e. The van der Waals surface area contributed by atoms with Gasteiger partial charge in [-0.25, -0.2) is 4.99 Å². The van der Waals surface area contributed by atoms with Gasteiger partial charge in [0, 0.05) is 31.4 Å². The first-order chi connectivity index (χ1) is 11.1. The zero-order valence-electron chi connectivity index (χ0n) is 14.3. The van der Waals surface area contributed by atoms with E-state index in [4.69, 9.17) is 16.6 Å². The Balaban J connectivity index is 0.00000288. The SMILES string of the molecule is CCNC(=NCc1ncccc1C)N(C)Cc1ccc(Cl)cc1.I. The summed E-state index contributed by atoms with van der Waals surface area (Å²) in [4.78, 5) is 11.2. The van der Waals surface area contributed by atoms with Crippen LogP contribution in [0.15, 0.2) is 47.6 Å². The summed E-state index contributed by atoms with van der Waals surface area (Å²) in [6, 6.07) is 11.9. The molecule has 0 spiro atoms. The summed E-state index contributed by atoms with van der Waals surface area (Å²) in [5, 5.41) is 4.08. The zero-order valence-corrected chi connectivity index (χ0v) is 17.4. The number of hydrogen-bond donors (Lipinski definition) is 1. The highest BCUT2D eigenvalue weighted by atomic mass is 127. The van der Waals surface area contributed by atoms with Gasteiger partial charge in [0.2, 0.25) is 0 Å². The molecule has 2 rings (SSSR count). The standard InChI is InChI=1S/C18H23ClN4.HI/c1-4-20-18(22-12-17-14(2)6-5-11-21-17)23(3)13-15-7-9-16(19)10-8-15;/h5-11H,4,12-13H2,1-3H3,(H,20,22);1H. The van der Waals surface area contributed by atoms with Crippen molar-refractivity contribution in [1.29, 1.82) is 0 Å². The predicted octanol–water partition coefficient (Wildman–Crippen LogP) is 4.26. The summed E-state index contributed by atoms with van der Waals surface area (Å²) < 4.78 is 0. The number of nitrogens with one attached hydrogen (secondary N) is 1. The van der Waals surface area contributed by atoms with Crippen LogP contribution in [0.2, 0.25) is 5.02 Å². The molecule has 4 nitrogen and oxygen atoms in total. The van der Waals surface area contributed by atoms with Crippen LogP contribution in [0.3, 0.4) is 0 Å². The average molecular weight is 459 g/mol. The molecule has 6 heteroatoms. The second-order valence-corrected chi connectivity index (χ2v) is 5.86. The second-order valence-electron chi connectivity index (χ2n) is 5.42. The molecule has 0 fully saturated rings. The van der Waals surface area contributed by atoms with Crippen molar-refractivity contribution in [3.8, 4) is 0 Å². The molecule has 0 aliphatic rings. The van der Waals surface area contributed by atoms with Crippen molar-refractivity contribution in [2.45, 2.75) is 26.9 Å². The highest BCUT2D eigenvalue weighted by molar-refractivity contribution is 14.0. The van der Waals surface area contributed by atoms with Gasteiger partial charge in [-0.3, -0.25) is 4.98 Å². The van der Waals surface area contributed by atoms with Gasteiger partial charge in [0.05, 0.1) is 12.2 Å². The van der Waals surface area contributed by atoms with Crippen LogP contribution in [-0.2, 0) is 13.1 Å². The Bertz CT molecular complexity index is 658. The molecule has 0 saturated carbocycles. The Morgan fingerprint density at radius 1 is 1.25 bits per heavy atom. The summed E-state index contributed by atoms with van der Waals surface area (Å²) in [6.45, 7) is 6.29. The number of aliphatic imine (C=N–C) groups is 1. The highest BCUT2D eigenvalue weighted by Crippen LogP contribution is 2.11. The van der Waals surface area contributed by atoms with Gasteiger partial charge in [-0.2, -0.15) is 0 Å². The number of aromatic nitrogens is 1. The third-order valence-electron chi connectivity index (χ3n) is 3.53. The molecule has 0 atom stereocenters. The maximum atomic E-state index is 5.94. The third-order valence-corrected chi connectivity index (χ3v) is 3.78. The first-order valence-corrected chi connectivity index (χ1v) is 8.12. The summed E-state index contributed by atoms with van der Waals surface area (Å²) in [5.41, 5.74) is 3.35. The molecular formula is C18H24ClIN4. The van der Waals surface area contributed by atoms with Gasteiger partial charge in [0.1, 0.15) is 0 Å². The van der Waals surface area contributed by atoms with Crippen molar-refractivity contribution in [3.05, 3.63) is 64.4 Å². The summed E-state index contributed by atoms with van der Waals surface area (Å²) in [5.74, 6) is 0.868. The predicted molar refractivity (Wildman–Crippen MR) is 112 cm³/mol. The number of guanidine groups is 1. The van der Waals surface area contributed by atoms with Crippen LogP contribution >= 0.6 is 35.6 Å². The Morgan fingerprint density at radius 2 is 1.96 bits per heavy atom. The molecule has 24 heavy (non-hydrogen) atoms. The fourth-order valence-electron chi connectivity index (χ4n) is 2.24. The van der Waals surface area contributed by atoms with E-state index in [2.05, 4.69) is 35.1 Å². The second kappa shape index (κ2) is 10.5. The lowest BCUT2D eigenvalue weighted by Gasteiger charge is -2.22. The molecule has 1 heterocycles. The van der Waals surface area contributed by atoms with E-state index in [-0.39, 0.29) is 24.0 Å². The minimum absolute atomic E-state index is 0. The molecular weight excluding hydrogens is 435 g/mol. The van der Waals surface area contributed by atoms with E-state index >= 15 is 0 Å². The average Bonchev–Trinajstić information content (AvgIpc) is 2.55. The normalized spacial score (nSPS) is 10.9. The van der Waals surface area contributed by atoms with Crippen molar-refractivity contribution in [3.63, 3.8) is 0 Å². The van der Waals surface area contributed by atoms with Crippen LogP contribution < -0.4 is 5.32 Å². The number of hydrogen-bond acceptors (Lipinski definition) is 2. The highest BCUT2D eigenvalue weighted by Gasteiger charge is 2.07. The molecule has 1 aromatic carbocycles. The maximum absolute atomic E-state index is 5.94. The summed E-state index contributed by atoms with van der Waals surface area (Å²) in [6.07, 6.45) is 1.81. The lowest BCUT2D eigenvalue weighted by Crippen LogP contribution is -2.38. The van der Waals surface area contributed by atoms with Crippen LogP contribution in [-0.4, -0.2) is 29.4 Å². The monoisotopic (exact) mass is 458 g/mol. The van der Waals surface area contributed by atoms with Crippen molar-refractivity contribution < 1.29 is 0 Å². The van der Waals surface area contributed by atoms with Crippen LogP contribution in [0.25, 0.3) is 0 Å². The molecule has 0 aliphatic heterocycles. The number of benzene rings is 1. The van der Waals surface area contributed by atoms with E-state index in [0.717, 1.165) is 35.3 Å². The molecule has 0 radical (unpaired) electrons. The number of rotatable bonds is 5. The molecule has 1 aromatic heterocycles. The van der Waals surface area contributed by atoms with Gasteiger partial charge < -0.3 is 10.2 Å². The van der Waals surface area contributed by atoms with Gasteiger partial charge in [-0.1, -0.05) is 29.8 Å². The first kappa shape index (κ1) is 20.7. The fourth-order valence-corrected chi connectivity index (χ4v) is 2.37. The van der Waals surface area contributed by atoms with E-state index in [9.17, 15) is 0 Å². The van der Waals surface area contributed by atoms with Crippen LogP contribution in [0.4, 0.5) is 0 Å². The first-order valence-electron chi connectivity index (χ1n) is 7.74. The van der Waals surface area contributed by atoms with E-state index in [1.54, 1.807) is 0 Å². The van der Waals surface area contributed by atoms with Gasteiger partial charge >= 0.3 is 0 Å². The van der Waals surface area contributed by atoms with Crippen molar-refractivity contribution in [2.24, 2.45) is 4.99 Å². The van der Waals surface area contributed by atoms with Crippen LogP contribution in [0, 0.1) is 6.92 Å². The minimum atomic E-state index is 0. The molecule has 2 aromatic rings. The van der Waals surface area contributed by atoms with Gasteiger partial charge in [0.25, 0.3) is 0 Å².